The van der Waals surface area contributed by atoms with Crippen molar-refractivity contribution in [2.75, 3.05) is 29.2 Å². The molecule has 33 heavy (non-hydrogen) atoms. The van der Waals surface area contributed by atoms with Gasteiger partial charge in [-0.15, -0.1) is 0 Å². The molecule has 3 rings (SSSR count). The highest BCUT2D eigenvalue weighted by Gasteiger charge is 2.17. The number of carbonyl (C=O) groups is 2. The Morgan fingerprint density at radius 3 is 2.00 bits per heavy atom. The molecule has 0 heterocycles. The van der Waals surface area contributed by atoms with Crippen LogP contribution in [0.5, 0.6) is 11.5 Å². The maximum Gasteiger partial charge on any atom is 0.323 e. The molecule has 3 aromatic carbocycles. The number of rotatable bonds is 8. The monoisotopic (exact) mass is 467 g/mol. The molecule has 172 valence electrons. The number of halogens is 1. The van der Waals surface area contributed by atoms with Gasteiger partial charge in [0.1, 0.15) is 11.5 Å². The van der Waals surface area contributed by atoms with Crippen molar-refractivity contribution in [1.29, 1.82) is 0 Å². The topological polar surface area (TPSA) is 88.7 Å². The first-order valence-electron chi connectivity index (χ1n) is 10.6. The zero-order valence-corrected chi connectivity index (χ0v) is 19.5. The summed E-state index contributed by atoms with van der Waals surface area (Å²) in [6.07, 6.45) is 0. The minimum atomic E-state index is -0.497. The van der Waals surface area contributed by atoms with Crippen LogP contribution in [-0.2, 0) is 0 Å². The Hall–Kier alpha value is -3.71. The number of para-hydroxylation sites is 1. The van der Waals surface area contributed by atoms with E-state index < -0.39 is 6.03 Å². The summed E-state index contributed by atoms with van der Waals surface area (Å²) in [7, 11) is 0. The number of hydrogen-bond acceptors (Lipinski definition) is 4. The van der Waals surface area contributed by atoms with E-state index in [0.29, 0.717) is 52.4 Å². The SMILES string of the molecule is CCOc1cc(NC(=O)c2cccc(C)c2)c(OCC)cc1NC(=O)Nc1ccccc1Cl. The summed E-state index contributed by atoms with van der Waals surface area (Å²) in [6, 6.07) is 17.0. The Balaban J connectivity index is 1.88. The van der Waals surface area contributed by atoms with Crippen LogP contribution < -0.4 is 25.4 Å². The van der Waals surface area contributed by atoms with E-state index in [1.807, 2.05) is 32.9 Å². The summed E-state index contributed by atoms with van der Waals surface area (Å²) in [5.74, 6) is 0.504. The van der Waals surface area contributed by atoms with Gasteiger partial charge in [-0.05, 0) is 45.0 Å². The predicted octanol–water partition coefficient (Wildman–Crippen LogP) is 6.34. The Bertz CT molecular complexity index is 1150. The van der Waals surface area contributed by atoms with Crippen LogP contribution in [0.25, 0.3) is 0 Å². The third kappa shape index (κ3) is 6.40. The highest BCUT2D eigenvalue weighted by Crippen LogP contribution is 2.37. The molecule has 0 spiro atoms. The fraction of sp³-hybridized carbons (Fsp3) is 0.200. The lowest BCUT2D eigenvalue weighted by atomic mass is 10.1. The molecular formula is C25H26ClN3O4. The first-order valence-corrected chi connectivity index (χ1v) is 10.9. The Labute approximate surface area is 198 Å². The second-order valence-corrected chi connectivity index (χ2v) is 7.50. The van der Waals surface area contributed by atoms with Gasteiger partial charge in [-0.1, -0.05) is 41.4 Å². The molecule has 0 aliphatic rings. The second kappa shape index (κ2) is 11.2. The van der Waals surface area contributed by atoms with E-state index in [1.165, 1.54) is 0 Å². The molecule has 0 saturated carbocycles. The van der Waals surface area contributed by atoms with E-state index in [2.05, 4.69) is 16.0 Å². The molecule has 3 amide bonds. The zero-order chi connectivity index (χ0) is 23.8. The lowest BCUT2D eigenvalue weighted by Crippen LogP contribution is -2.20. The highest BCUT2D eigenvalue weighted by molar-refractivity contribution is 6.33. The van der Waals surface area contributed by atoms with Gasteiger partial charge >= 0.3 is 6.03 Å². The van der Waals surface area contributed by atoms with Gasteiger partial charge in [0.25, 0.3) is 5.91 Å². The van der Waals surface area contributed by atoms with E-state index in [1.54, 1.807) is 48.5 Å². The third-order valence-corrected chi connectivity index (χ3v) is 4.91. The van der Waals surface area contributed by atoms with Crippen molar-refractivity contribution in [3.63, 3.8) is 0 Å². The molecule has 0 fully saturated rings. The van der Waals surface area contributed by atoms with Gasteiger partial charge in [0.05, 0.1) is 35.3 Å². The maximum atomic E-state index is 12.8. The number of hydrogen-bond donors (Lipinski definition) is 3. The van der Waals surface area contributed by atoms with Gasteiger partial charge in [-0.3, -0.25) is 4.79 Å². The van der Waals surface area contributed by atoms with Crippen LogP contribution in [0, 0.1) is 6.92 Å². The number of anilines is 3. The fourth-order valence-electron chi connectivity index (χ4n) is 3.12. The number of amides is 3. The molecule has 0 saturated heterocycles. The van der Waals surface area contributed by atoms with Gasteiger partial charge in [-0.2, -0.15) is 0 Å². The molecule has 0 bridgehead atoms. The lowest BCUT2D eigenvalue weighted by Gasteiger charge is -2.18. The third-order valence-electron chi connectivity index (χ3n) is 4.58. The van der Waals surface area contributed by atoms with Gasteiger partial charge < -0.3 is 25.4 Å². The van der Waals surface area contributed by atoms with Crippen LogP contribution in [0.3, 0.4) is 0 Å². The molecule has 0 aromatic heterocycles. The number of nitrogens with one attached hydrogen (secondary N) is 3. The minimum absolute atomic E-state index is 0.278. The molecule has 3 N–H and O–H groups in total. The molecule has 0 atom stereocenters. The minimum Gasteiger partial charge on any atom is -0.492 e. The summed E-state index contributed by atoms with van der Waals surface area (Å²) in [5.41, 5.74) is 2.80. The van der Waals surface area contributed by atoms with Crippen molar-refractivity contribution in [3.05, 3.63) is 76.8 Å². The lowest BCUT2D eigenvalue weighted by molar-refractivity contribution is 0.102. The summed E-state index contributed by atoms with van der Waals surface area (Å²) < 4.78 is 11.4. The van der Waals surface area contributed by atoms with Crippen molar-refractivity contribution in [2.45, 2.75) is 20.8 Å². The number of aryl methyl sites for hydroxylation is 1. The number of urea groups is 1. The van der Waals surface area contributed by atoms with Gasteiger partial charge in [0.15, 0.2) is 0 Å². The molecule has 0 aliphatic carbocycles. The van der Waals surface area contributed by atoms with Crippen LogP contribution in [0.2, 0.25) is 5.02 Å². The molecule has 3 aromatic rings. The predicted molar refractivity (Wildman–Crippen MR) is 132 cm³/mol. The average molecular weight is 468 g/mol. The number of benzene rings is 3. The molecule has 8 heteroatoms. The summed E-state index contributed by atoms with van der Waals surface area (Å²) in [5, 5.41) is 8.76. The zero-order valence-electron chi connectivity index (χ0n) is 18.7. The van der Waals surface area contributed by atoms with Crippen LogP contribution in [-0.4, -0.2) is 25.2 Å². The first kappa shape index (κ1) is 23.9. The standard InChI is InChI=1S/C25H26ClN3O4/c1-4-32-22-15-21(29-25(31)28-19-12-7-6-11-18(19)26)23(33-5-2)14-20(22)27-24(30)17-10-8-9-16(3)13-17/h6-15H,4-5H2,1-3H3,(H,27,30)(H2,28,29,31). The Morgan fingerprint density at radius 2 is 1.39 bits per heavy atom. The molecule has 7 nitrogen and oxygen atoms in total. The number of ether oxygens (including phenoxy) is 2. The van der Waals surface area contributed by atoms with Crippen molar-refractivity contribution >= 4 is 40.6 Å². The van der Waals surface area contributed by atoms with Gasteiger partial charge in [0.2, 0.25) is 0 Å². The number of carbonyl (C=O) groups excluding carboxylic acids is 2. The van der Waals surface area contributed by atoms with Gasteiger partial charge in [0, 0.05) is 17.7 Å². The fourth-order valence-corrected chi connectivity index (χ4v) is 3.31. The van der Waals surface area contributed by atoms with Crippen molar-refractivity contribution in [2.24, 2.45) is 0 Å². The largest absolute Gasteiger partial charge is 0.492 e. The normalized spacial score (nSPS) is 10.3. The van der Waals surface area contributed by atoms with E-state index in [-0.39, 0.29) is 5.91 Å². The first-order chi connectivity index (χ1) is 15.9. The Morgan fingerprint density at radius 1 is 0.788 bits per heavy atom. The molecule has 0 unspecified atom stereocenters. The van der Waals surface area contributed by atoms with E-state index >= 15 is 0 Å². The van der Waals surface area contributed by atoms with Gasteiger partial charge in [-0.25, -0.2) is 4.79 Å². The average Bonchev–Trinajstić information content (AvgIpc) is 2.78. The van der Waals surface area contributed by atoms with Crippen LogP contribution in [0.1, 0.15) is 29.8 Å². The van der Waals surface area contributed by atoms with E-state index in [0.717, 1.165) is 5.56 Å². The molecule has 0 radical (unpaired) electrons. The van der Waals surface area contributed by atoms with Crippen molar-refractivity contribution in [1.82, 2.24) is 0 Å². The van der Waals surface area contributed by atoms with Crippen molar-refractivity contribution < 1.29 is 19.1 Å². The maximum absolute atomic E-state index is 12.8. The summed E-state index contributed by atoms with van der Waals surface area (Å²) >= 11 is 6.12. The van der Waals surface area contributed by atoms with Crippen molar-refractivity contribution in [3.8, 4) is 11.5 Å². The second-order valence-electron chi connectivity index (χ2n) is 7.09. The highest BCUT2D eigenvalue weighted by atomic mass is 35.5. The quantitative estimate of drug-likeness (QED) is 0.360. The molecule has 0 aliphatic heterocycles. The van der Waals surface area contributed by atoms with E-state index in [9.17, 15) is 9.59 Å². The smallest absolute Gasteiger partial charge is 0.323 e. The Kier molecular flexibility index (Phi) is 8.16. The van der Waals surface area contributed by atoms with E-state index in [4.69, 9.17) is 21.1 Å². The van der Waals surface area contributed by atoms with Crippen LogP contribution in [0.15, 0.2) is 60.7 Å². The molecular weight excluding hydrogens is 442 g/mol. The van der Waals surface area contributed by atoms with Crippen LogP contribution in [0.4, 0.5) is 21.9 Å². The summed E-state index contributed by atoms with van der Waals surface area (Å²) in [6.45, 7) is 6.31. The van der Waals surface area contributed by atoms with Crippen LogP contribution >= 0.6 is 11.6 Å². The summed E-state index contributed by atoms with van der Waals surface area (Å²) in [4.78, 5) is 25.4.